The number of unbranched alkanes of at least 4 members (excludes halogenated alkanes) is 24. The minimum absolute atomic E-state index is 0.119. The minimum Gasteiger partial charge on any atom is -0.463 e. The first-order valence-corrected chi connectivity index (χ1v) is 22.8. The first-order chi connectivity index (χ1) is 25.5. The van der Waals surface area contributed by atoms with Gasteiger partial charge in [-0.3, -0.25) is 9.59 Å². The van der Waals surface area contributed by atoms with Crippen molar-refractivity contribution in [1.82, 2.24) is 0 Å². The van der Waals surface area contributed by atoms with E-state index in [4.69, 9.17) is 14.2 Å². The van der Waals surface area contributed by atoms with Crippen LogP contribution in [0.1, 0.15) is 233 Å². The second-order valence-corrected chi connectivity index (χ2v) is 16.2. The van der Waals surface area contributed by atoms with Crippen LogP contribution in [0.25, 0.3) is 0 Å². The van der Waals surface area contributed by atoms with Crippen molar-refractivity contribution in [1.29, 1.82) is 0 Å². The summed E-state index contributed by atoms with van der Waals surface area (Å²) in [6.45, 7) is 6.68. The van der Waals surface area contributed by atoms with Gasteiger partial charge in [0.05, 0.1) is 12.2 Å². The molecule has 1 fully saturated rings. The average molecular weight is 735 g/mol. The highest BCUT2D eigenvalue weighted by atomic mass is 16.6. The Bertz CT molecular complexity index is 828. The molecule has 1 aliphatic rings. The van der Waals surface area contributed by atoms with Crippen molar-refractivity contribution < 1.29 is 28.9 Å². The summed E-state index contributed by atoms with van der Waals surface area (Å²) < 4.78 is 16.2. The molecule has 0 aliphatic carbocycles. The van der Waals surface area contributed by atoms with E-state index in [1.807, 2.05) is 0 Å². The van der Waals surface area contributed by atoms with Gasteiger partial charge in [0.1, 0.15) is 19.3 Å². The Balaban J connectivity index is 1.77. The fourth-order valence-electron chi connectivity index (χ4n) is 7.01. The molecule has 0 aromatic rings. The van der Waals surface area contributed by atoms with E-state index in [-0.39, 0.29) is 25.2 Å². The van der Waals surface area contributed by atoms with Crippen molar-refractivity contribution in [2.24, 2.45) is 5.92 Å². The van der Waals surface area contributed by atoms with Gasteiger partial charge in [-0.1, -0.05) is 193 Å². The van der Waals surface area contributed by atoms with Crippen LogP contribution in [-0.2, 0) is 23.8 Å². The van der Waals surface area contributed by atoms with Gasteiger partial charge in [0.2, 0.25) is 0 Å². The zero-order valence-corrected chi connectivity index (χ0v) is 34.7. The number of carbonyl (C=O) groups is 2. The van der Waals surface area contributed by atoms with E-state index < -0.39 is 6.10 Å². The summed E-state index contributed by atoms with van der Waals surface area (Å²) in [4.78, 5) is 24.1. The number of aliphatic hydroxyl groups is 1. The lowest BCUT2D eigenvalue weighted by Gasteiger charge is -2.12. The molecule has 1 N–H and O–H groups in total. The Morgan fingerprint density at radius 1 is 0.577 bits per heavy atom. The molecule has 0 saturated carbocycles. The molecular weight excluding hydrogens is 648 g/mol. The van der Waals surface area contributed by atoms with Gasteiger partial charge in [0.15, 0.2) is 0 Å². The highest BCUT2D eigenvalue weighted by Gasteiger charge is 2.36. The Hall–Kier alpha value is -1.40. The van der Waals surface area contributed by atoms with Crippen molar-refractivity contribution in [3.8, 4) is 0 Å². The largest absolute Gasteiger partial charge is 0.463 e. The predicted molar refractivity (Wildman–Crippen MR) is 219 cm³/mol. The van der Waals surface area contributed by atoms with Crippen LogP contribution < -0.4 is 0 Å². The highest BCUT2D eigenvalue weighted by molar-refractivity contribution is 5.69. The molecule has 6 nitrogen and oxygen atoms in total. The second-order valence-electron chi connectivity index (χ2n) is 16.2. The number of allylic oxidation sites excluding steroid dienone is 1. The lowest BCUT2D eigenvalue weighted by molar-refractivity contribution is -0.152. The SMILES string of the molecule is CCCCC/C=C\CC1OC1CCCCCCCC(=O)OC[C@H](O)COC(=O)CCCCCCCCCCCCCCCCCCCCC(C)CC. The molecule has 0 bridgehead atoms. The Morgan fingerprint density at radius 3 is 1.48 bits per heavy atom. The number of carbonyl (C=O) groups excluding carboxylic acids is 2. The third-order valence-electron chi connectivity index (χ3n) is 11.0. The van der Waals surface area contributed by atoms with Gasteiger partial charge < -0.3 is 19.3 Å². The van der Waals surface area contributed by atoms with Gasteiger partial charge >= 0.3 is 11.9 Å². The number of esters is 2. The fraction of sp³-hybridized carbons (Fsp3) is 0.913. The first-order valence-electron chi connectivity index (χ1n) is 22.8. The number of epoxide rings is 1. The highest BCUT2D eigenvalue weighted by Crippen LogP contribution is 2.30. The van der Waals surface area contributed by atoms with Crippen LogP contribution in [0.3, 0.4) is 0 Å². The molecule has 4 atom stereocenters. The molecule has 3 unspecified atom stereocenters. The maximum atomic E-state index is 12.0. The van der Waals surface area contributed by atoms with Crippen LogP contribution in [0, 0.1) is 5.92 Å². The molecule has 6 heteroatoms. The Labute approximate surface area is 322 Å². The van der Waals surface area contributed by atoms with Crippen LogP contribution in [0.5, 0.6) is 0 Å². The van der Waals surface area contributed by atoms with Gasteiger partial charge in [-0.15, -0.1) is 0 Å². The number of aliphatic hydroxyl groups excluding tert-OH is 1. The fourth-order valence-corrected chi connectivity index (χ4v) is 7.01. The molecule has 1 saturated heterocycles. The van der Waals surface area contributed by atoms with Crippen LogP contribution >= 0.6 is 0 Å². The summed E-state index contributed by atoms with van der Waals surface area (Å²) in [5.74, 6) is 0.338. The molecule has 0 amide bonds. The quantitative estimate of drug-likeness (QED) is 0.0292. The Kier molecular flexibility index (Phi) is 34.2. The minimum atomic E-state index is -0.971. The topological polar surface area (TPSA) is 85.4 Å². The maximum Gasteiger partial charge on any atom is 0.305 e. The molecule has 52 heavy (non-hydrogen) atoms. The third-order valence-corrected chi connectivity index (χ3v) is 11.0. The summed E-state index contributed by atoms with van der Waals surface area (Å²) in [6.07, 6.45) is 44.4. The van der Waals surface area contributed by atoms with E-state index in [0.717, 1.165) is 63.7 Å². The van der Waals surface area contributed by atoms with Crippen LogP contribution in [0.2, 0.25) is 0 Å². The number of hydrogen-bond acceptors (Lipinski definition) is 6. The molecule has 1 rings (SSSR count). The number of ether oxygens (including phenoxy) is 3. The summed E-state index contributed by atoms with van der Waals surface area (Å²) in [6, 6.07) is 0. The predicted octanol–water partition coefficient (Wildman–Crippen LogP) is 13.3. The van der Waals surface area contributed by atoms with Gasteiger partial charge in [-0.05, 0) is 44.4 Å². The van der Waals surface area contributed by atoms with Crippen molar-refractivity contribution in [3.05, 3.63) is 12.2 Å². The summed E-state index contributed by atoms with van der Waals surface area (Å²) >= 11 is 0. The van der Waals surface area contributed by atoms with Crippen molar-refractivity contribution in [2.75, 3.05) is 13.2 Å². The van der Waals surface area contributed by atoms with Gasteiger partial charge in [0.25, 0.3) is 0 Å². The normalized spacial score (nSPS) is 16.7. The second kappa shape index (κ2) is 36.6. The third kappa shape index (κ3) is 33.2. The zero-order valence-electron chi connectivity index (χ0n) is 34.7. The molecule has 0 spiro atoms. The summed E-state index contributed by atoms with van der Waals surface area (Å²) in [5, 5.41) is 10.1. The van der Waals surface area contributed by atoms with Crippen LogP contribution in [0.15, 0.2) is 12.2 Å². The standard InChI is InChI=1S/C46H86O6/c1-4-6-7-8-25-30-35-43-44(52-43)36-31-26-23-28-33-38-46(49)51-40-42(47)39-50-45(48)37-32-27-22-20-18-16-14-12-10-9-11-13-15-17-19-21-24-29-34-41(3)5-2/h25,30,41-44,47H,4-24,26-29,31-40H2,1-3H3/b30-25-/t41?,42-,43?,44?/m1/s1. The molecule has 306 valence electrons. The summed E-state index contributed by atoms with van der Waals surface area (Å²) in [5.41, 5.74) is 0. The molecule has 1 aliphatic heterocycles. The first kappa shape index (κ1) is 48.6. The monoisotopic (exact) mass is 735 g/mol. The van der Waals surface area contributed by atoms with E-state index in [1.54, 1.807) is 0 Å². The maximum absolute atomic E-state index is 12.0. The molecule has 0 radical (unpaired) electrons. The van der Waals surface area contributed by atoms with Crippen LogP contribution in [-0.4, -0.2) is 48.6 Å². The van der Waals surface area contributed by atoms with E-state index >= 15 is 0 Å². The molecule has 1 heterocycles. The van der Waals surface area contributed by atoms with E-state index in [1.165, 1.54) is 141 Å². The molecular formula is C46H86O6. The van der Waals surface area contributed by atoms with Crippen molar-refractivity contribution in [3.63, 3.8) is 0 Å². The number of rotatable bonds is 40. The average Bonchev–Trinajstić information content (AvgIpc) is 3.90. The van der Waals surface area contributed by atoms with Crippen molar-refractivity contribution in [2.45, 2.75) is 251 Å². The van der Waals surface area contributed by atoms with E-state index in [2.05, 4.69) is 32.9 Å². The van der Waals surface area contributed by atoms with Gasteiger partial charge in [-0.2, -0.15) is 0 Å². The zero-order chi connectivity index (χ0) is 37.7. The molecule has 0 aromatic carbocycles. The van der Waals surface area contributed by atoms with E-state index in [0.29, 0.717) is 25.0 Å². The van der Waals surface area contributed by atoms with Crippen molar-refractivity contribution >= 4 is 11.9 Å². The lowest BCUT2D eigenvalue weighted by Crippen LogP contribution is -2.25. The summed E-state index contributed by atoms with van der Waals surface area (Å²) in [7, 11) is 0. The van der Waals surface area contributed by atoms with E-state index in [9.17, 15) is 14.7 Å². The molecule has 0 aromatic heterocycles. The number of hydrogen-bond donors (Lipinski definition) is 1. The van der Waals surface area contributed by atoms with Crippen LogP contribution in [0.4, 0.5) is 0 Å². The smallest absolute Gasteiger partial charge is 0.305 e. The lowest BCUT2D eigenvalue weighted by atomic mass is 9.99. The van der Waals surface area contributed by atoms with Gasteiger partial charge in [0, 0.05) is 12.8 Å². The van der Waals surface area contributed by atoms with Gasteiger partial charge in [-0.25, -0.2) is 0 Å². The Morgan fingerprint density at radius 2 is 1.02 bits per heavy atom.